The summed E-state index contributed by atoms with van der Waals surface area (Å²) in [5.74, 6) is -2.35. The van der Waals surface area contributed by atoms with E-state index >= 15 is 0 Å². The van der Waals surface area contributed by atoms with Crippen molar-refractivity contribution >= 4 is 45.6 Å². The van der Waals surface area contributed by atoms with Gasteiger partial charge >= 0.3 is 0 Å². The lowest BCUT2D eigenvalue weighted by molar-refractivity contribution is -0.384. The van der Waals surface area contributed by atoms with E-state index in [4.69, 9.17) is 0 Å². The van der Waals surface area contributed by atoms with Crippen molar-refractivity contribution in [3.05, 3.63) is 61.2 Å². The van der Waals surface area contributed by atoms with E-state index in [9.17, 15) is 23.7 Å². The van der Waals surface area contributed by atoms with Crippen LogP contribution < -0.4 is 10.6 Å². The zero-order chi connectivity index (χ0) is 17.1. The number of hydrogen-bond donors (Lipinski definition) is 2. The van der Waals surface area contributed by atoms with Gasteiger partial charge in [-0.2, -0.15) is 0 Å². The molecule has 1 amide bonds. The Morgan fingerprint density at radius 2 is 1.83 bits per heavy atom. The summed E-state index contributed by atoms with van der Waals surface area (Å²) in [5, 5.41) is 15.9. The summed E-state index contributed by atoms with van der Waals surface area (Å²) in [7, 11) is 1.54. The standard InChI is InChI=1S/C14H10F2IN3O3/c1-18-12-3-2-8(20(22)23)6-9(12)14(21)19-7-4-10(15)13(17)11(16)5-7/h2-6,18H,1H3,(H,19,21). The second kappa shape index (κ2) is 6.86. The molecule has 0 aliphatic rings. The third-order valence-corrected chi connectivity index (χ3v) is 4.00. The third-order valence-electron chi connectivity index (χ3n) is 2.97. The molecule has 0 saturated heterocycles. The SMILES string of the molecule is CNc1ccc([N+](=O)[O-])cc1C(=O)Nc1cc(F)c(I)c(F)c1. The van der Waals surface area contributed by atoms with Gasteiger partial charge < -0.3 is 10.6 Å². The average Bonchev–Trinajstić information content (AvgIpc) is 2.51. The Hall–Kier alpha value is -2.30. The van der Waals surface area contributed by atoms with E-state index in [-0.39, 0.29) is 20.5 Å². The lowest BCUT2D eigenvalue weighted by Gasteiger charge is -2.10. The van der Waals surface area contributed by atoms with E-state index in [0.717, 1.165) is 18.2 Å². The van der Waals surface area contributed by atoms with Crippen molar-refractivity contribution in [2.24, 2.45) is 0 Å². The number of rotatable bonds is 4. The predicted molar refractivity (Wildman–Crippen MR) is 89.7 cm³/mol. The Morgan fingerprint density at radius 3 is 2.35 bits per heavy atom. The molecule has 0 unspecified atom stereocenters. The Kier molecular flexibility index (Phi) is 5.08. The van der Waals surface area contributed by atoms with Gasteiger partial charge in [-0.25, -0.2) is 8.78 Å². The molecule has 2 aromatic rings. The van der Waals surface area contributed by atoms with E-state index < -0.39 is 22.5 Å². The molecule has 0 aromatic heterocycles. The third kappa shape index (κ3) is 3.73. The average molecular weight is 433 g/mol. The number of nitrogens with one attached hydrogen (secondary N) is 2. The molecule has 0 saturated carbocycles. The highest BCUT2D eigenvalue weighted by atomic mass is 127. The monoisotopic (exact) mass is 433 g/mol. The van der Waals surface area contributed by atoms with Crippen LogP contribution in [0.3, 0.4) is 0 Å². The molecule has 2 aromatic carbocycles. The van der Waals surface area contributed by atoms with Gasteiger partial charge in [0.15, 0.2) is 0 Å². The number of anilines is 2. The number of amides is 1. The minimum Gasteiger partial charge on any atom is -0.387 e. The summed E-state index contributed by atoms with van der Waals surface area (Å²) in [6.45, 7) is 0. The van der Waals surface area contributed by atoms with Crippen LogP contribution in [0.2, 0.25) is 0 Å². The Bertz CT molecular complexity index is 776. The molecule has 6 nitrogen and oxygen atoms in total. The summed E-state index contributed by atoms with van der Waals surface area (Å²) in [5.41, 5.74) is -0.0197. The van der Waals surface area contributed by atoms with Crippen LogP contribution in [0, 0.1) is 25.3 Å². The number of nitro groups is 1. The number of halogens is 3. The van der Waals surface area contributed by atoms with Gasteiger partial charge in [0.1, 0.15) is 11.6 Å². The van der Waals surface area contributed by atoms with Crippen LogP contribution >= 0.6 is 22.6 Å². The molecule has 0 aliphatic heterocycles. The first-order chi connectivity index (χ1) is 10.8. The number of benzene rings is 2. The maximum atomic E-state index is 13.5. The van der Waals surface area contributed by atoms with Gasteiger partial charge in [0.25, 0.3) is 11.6 Å². The van der Waals surface area contributed by atoms with Gasteiger partial charge in [-0.15, -0.1) is 0 Å². The number of nitro benzene ring substituents is 1. The molecule has 0 spiro atoms. The highest BCUT2D eigenvalue weighted by Crippen LogP contribution is 2.25. The summed E-state index contributed by atoms with van der Waals surface area (Å²) in [6.07, 6.45) is 0. The maximum absolute atomic E-state index is 13.5. The van der Waals surface area contributed by atoms with Crippen LogP contribution in [-0.2, 0) is 0 Å². The summed E-state index contributed by atoms with van der Waals surface area (Å²) in [6, 6.07) is 5.65. The molecule has 120 valence electrons. The van der Waals surface area contributed by atoms with Crippen LogP contribution in [0.5, 0.6) is 0 Å². The number of carbonyl (C=O) groups excluding carboxylic acids is 1. The van der Waals surface area contributed by atoms with E-state index in [2.05, 4.69) is 10.6 Å². The smallest absolute Gasteiger partial charge is 0.270 e. The quantitative estimate of drug-likeness (QED) is 0.333. The van der Waals surface area contributed by atoms with E-state index in [1.807, 2.05) is 0 Å². The van der Waals surface area contributed by atoms with Crippen molar-refractivity contribution in [2.45, 2.75) is 0 Å². The normalized spacial score (nSPS) is 10.3. The van der Waals surface area contributed by atoms with Crippen LogP contribution in [0.4, 0.5) is 25.8 Å². The minimum absolute atomic E-state index is 0.0129. The highest BCUT2D eigenvalue weighted by molar-refractivity contribution is 14.1. The zero-order valence-corrected chi connectivity index (χ0v) is 13.9. The Morgan fingerprint density at radius 1 is 1.22 bits per heavy atom. The van der Waals surface area contributed by atoms with Gasteiger partial charge in [-0.05, 0) is 40.8 Å². The van der Waals surface area contributed by atoms with Crippen LogP contribution in [0.1, 0.15) is 10.4 Å². The molecule has 23 heavy (non-hydrogen) atoms. The lowest BCUT2D eigenvalue weighted by atomic mass is 10.1. The molecule has 0 bridgehead atoms. The van der Waals surface area contributed by atoms with Crippen molar-refractivity contribution in [3.63, 3.8) is 0 Å². The molecular formula is C14H10F2IN3O3. The lowest BCUT2D eigenvalue weighted by Crippen LogP contribution is -2.15. The summed E-state index contributed by atoms with van der Waals surface area (Å²) >= 11 is 1.51. The molecule has 9 heteroatoms. The Balaban J connectivity index is 2.37. The topological polar surface area (TPSA) is 84.3 Å². The van der Waals surface area contributed by atoms with Gasteiger partial charge in [0.05, 0.1) is 14.1 Å². The number of carbonyl (C=O) groups is 1. The van der Waals surface area contributed by atoms with Crippen molar-refractivity contribution in [1.82, 2.24) is 0 Å². The van der Waals surface area contributed by atoms with Crippen molar-refractivity contribution in [3.8, 4) is 0 Å². The molecule has 0 radical (unpaired) electrons. The van der Waals surface area contributed by atoms with Crippen LogP contribution in [-0.4, -0.2) is 17.9 Å². The summed E-state index contributed by atoms with van der Waals surface area (Å²) in [4.78, 5) is 22.4. The van der Waals surface area contributed by atoms with Crippen molar-refractivity contribution in [1.29, 1.82) is 0 Å². The summed E-state index contributed by atoms with van der Waals surface area (Å²) < 4.78 is 26.8. The van der Waals surface area contributed by atoms with E-state index in [1.54, 1.807) is 7.05 Å². The van der Waals surface area contributed by atoms with Crippen LogP contribution in [0.25, 0.3) is 0 Å². The second-order valence-corrected chi connectivity index (χ2v) is 5.52. The minimum atomic E-state index is -0.811. The fourth-order valence-electron chi connectivity index (χ4n) is 1.88. The molecular weight excluding hydrogens is 423 g/mol. The molecule has 0 heterocycles. The first-order valence-electron chi connectivity index (χ1n) is 6.25. The predicted octanol–water partition coefficient (Wildman–Crippen LogP) is 3.77. The van der Waals surface area contributed by atoms with Crippen molar-refractivity contribution in [2.75, 3.05) is 17.7 Å². The van der Waals surface area contributed by atoms with Gasteiger partial charge in [-0.1, -0.05) is 0 Å². The van der Waals surface area contributed by atoms with Gasteiger partial charge in [0.2, 0.25) is 0 Å². The largest absolute Gasteiger partial charge is 0.387 e. The molecule has 0 fully saturated rings. The molecule has 2 rings (SSSR count). The van der Waals surface area contributed by atoms with Gasteiger partial charge in [0, 0.05) is 30.6 Å². The first kappa shape index (κ1) is 17.1. The van der Waals surface area contributed by atoms with E-state index in [0.29, 0.717) is 5.69 Å². The maximum Gasteiger partial charge on any atom is 0.270 e. The molecule has 2 N–H and O–H groups in total. The number of nitrogens with zero attached hydrogens (tertiary/aromatic N) is 1. The molecule has 0 atom stereocenters. The van der Waals surface area contributed by atoms with E-state index in [1.165, 1.54) is 34.7 Å². The number of hydrogen-bond acceptors (Lipinski definition) is 4. The zero-order valence-electron chi connectivity index (χ0n) is 11.7. The van der Waals surface area contributed by atoms with Gasteiger partial charge in [-0.3, -0.25) is 14.9 Å². The second-order valence-electron chi connectivity index (χ2n) is 4.44. The number of non-ortho nitro benzene ring substituents is 1. The fraction of sp³-hybridized carbons (Fsp3) is 0.0714. The van der Waals surface area contributed by atoms with Crippen LogP contribution in [0.15, 0.2) is 30.3 Å². The highest BCUT2D eigenvalue weighted by Gasteiger charge is 2.17. The van der Waals surface area contributed by atoms with Crippen molar-refractivity contribution < 1.29 is 18.5 Å². The fourth-order valence-corrected chi connectivity index (χ4v) is 2.19. The first-order valence-corrected chi connectivity index (χ1v) is 7.33. The molecule has 0 aliphatic carbocycles. The Labute approximate surface area is 143 Å².